The van der Waals surface area contributed by atoms with E-state index in [1.54, 1.807) is 6.08 Å². The Bertz CT molecular complexity index is 339. The largest absolute Gasteiger partial charge is 0.411 e. The van der Waals surface area contributed by atoms with Gasteiger partial charge in [0.1, 0.15) is 0 Å². The third-order valence-electron chi connectivity index (χ3n) is 3.68. The van der Waals surface area contributed by atoms with Gasteiger partial charge in [-0.2, -0.15) is 0 Å². The summed E-state index contributed by atoms with van der Waals surface area (Å²) >= 11 is 0. The smallest absolute Gasteiger partial charge is 0.192 e. The highest BCUT2D eigenvalue weighted by Gasteiger charge is 2.38. The molecule has 1 atom stereocenters. The molecule has 0 bridgehead atoms. The van der Waals surface area contributed by atoms with Crippen molar-refractivity contribution in [2.75, 3.05) is 0 Å². The lowest BCUT2D eigenvalue weighted by molar-refractivity contribution is 0.216. The van der Waals surface area contributed by atoms with E-state index in [2.05, 4.69) is 58.9 Å². The van der Waals surface area contributed by atoms with E-state index in [1.807, 2.05) is 6.08 Å². The fraction of sp³-hybridized carbons (Fsp3) is 0.647. The Balaban J connectivity index is 4.65. The third-order valence-corrected chi connectivity index (χ3v) is 8.18. The summed E-state index contributed by atoms with van der Waals surface area (Å²) in [7, 11) is -1.73. The summed E-state index contributed by atoms with van der Waals surface area (Å²) in [6, 6.07) is 0. The summed E-state index contributed by atoms with van der Waals surface area (Å²) in [5, 5.41) is 0.231. The van der Waals surface area contributed by atoms with Gasteiger partial charge in [-0.3, -0.25) is 0 Å². The lowest BCUT2D eigenvalue weighted by atomic mass is 10.2. The molecule has 0 aromatic carbocycles. The van der Waals surface area contributed by atoms with Gasteiger partial charge in [0.2, 0.25) is 0 Å². The maximum atomic E-state index is 6.41. The Labute approximate surface area is 121 Å². The molecule has 108 valence electrons. The second kappa shape index (κ2) is 8.40. The highest BCUT2D eigenvalue weighted by atomic mass is 28.4. The van der Waals surface area contributed by atoms with Crippen LogP contribution in [0.1, 0.15) is 47.0 Å². The molecule has 0 spiro atoms. The molecule has 0 fully saturated rings. The highest BCUT2D eigenvalue weighted by molar-refractivity contribution is 6.74. The number of hydrogen-bond acceptors (Lipinski definition) is 1. The quantitative estimate of drug-likeness (QED) is 0.348. The van der Waals surface area contributed by atoms with Crippen LogP contribution >= 0.6 is 0 Å². The molecule has 0 aromatic heterocycles. The van der Waals surface area contributed by atoms with Crippen LogP contribution < -0.4 is 0 Å². The monoisotopic (exact) mass is 278 g/mol. The molecule has 0 saturated carbocycles. The summed E-state index contributed by atoms with van der Waals surface area (Å²) < 4.78 is 6.41. The van der Waals surface area contributed by atoms with E-state index in [4.69, 9.17) is 10.8 Å². The van der Waals surface area contributed by atoms with Crippen LogP contribution in [0.15, 0.2) is 24.3 Å². The average Bonchev–Trinajstić information content (AvgIpc) is 2.29. The van der Waals surface area contributed by atoms with Crippen molar-refractivity contribution in [1.29, 1.82) is 0 Å². The molecule has 0 amide bonds. The van der Waals surface area contributed by atoms with Crippen LogP contribution in [0.4, 0.5) is 0 Å². The fourth-order valence-corrected chi connectivity index (χ4v) is 2.76. The summed E-state index contributed by atoms with van der Waals surface area (Å²) in [6.07, 6.45) is 16.8. The molecule has 0 aliphatic heterocycles. The highest BCUT2D eigenvalue weighted by Crippen LogP contribution is 2.37. The summed E-state index contributed by atoms with van der Waals surface area (Å²) in [5.74, 6) is 2.56. The number of rotatable bonds is 7. The molecule has 0 unspecified atom stereocenters. The molecule has 19 heavy (non-hydrogen) atoms. The molecule has 1 nitrogen and oxygen atoms in total. The normalized spacial score (nSPS) is 15.0. The van der Waals surface area contributed by atoms with Gasteiger partial charge < -0.3 is 4.43 Å². The SMILES string of the molecule is C#C/C=C/[C@H](CC/C=C\CC)O[Si](C)(C)C(C)(C)C. The predicted molar refractivity (Wildman–Crippen MR) is 88.7 cm³/mol. The van der Waals surface area contributed by atoms with E-state index < -0.39 is 8.32 Å². The van der Waals surface area contributed by atoms with Gasteiger partial charge >= 0.3 is 0 Å². The van der Waals surface area contributed by atoms with Crippen molar-refractivity contribution in [1.82, 2.24) is 0 Å². The minimum atomic E-state index is -1.73. The third kappa shape index (κ3) is 7.40. The first-order valence-electron chi connectivity index (χ1n) is 7.20. The first-order chi connectivity index (χ1) is 8.74. The van der Waals surface area contributed by atoms with Crippen molar-refractivity contribution < 1.29 is 4.43 Å². The molecule has 0 aliphatic rings. The Morgan fingerprint density at radius 1 is 1.26 bits per heavy atom. The van der Waals surface area contributed by atoms with Crippen molar-refractivity contribution in [3.05, 3.63) is 24.3 Å². The minimum Gasteiger partial charge on any atom is -0.411 e. The van der Waals surface area contributed by atoms with Crippen molar-refractivity contribution in [2.45, 2.75) is 71.2 Å². The predicted octanol–water partition coefficient (Wildman–Crippen LogP) is 5.31. The average molecular weight is 279 g/mol. The Morgan fingerprint density at radius 3 is 2.37 bits per heavy atom. The Kier molecular flexibility index (Phi) is 8.05. The Hall–Kier alpha value is -0.783. The molecule has 0 aliphatic carbocycles. The second-order valence-electron chi connectivity index (χ2n) is 6.40. The summed E-state index contributed by atoms with van der Waals surface area (Å²) in [6.45, 7) is 13.5. The van der Waals surface area contributed by atoms with Gasteiger partial charge in [0.25, 0.3) is 0 Å². The lowest BCUT2D eigenvalue weighted by Crippen LogP contribution is -2.43. The number of hydrogen-bond donors (Lipinski definition) is 0. The van der Waals surface area contributed by atoms with Crippen molar-refractivity contribution in [2.24, 2.45) is 0 Å². The van der Waals surface area contributed by atoms with Gasteiger partial charge in [0, 0.05) is 0 Å². The fourth-order valence-electron chi connectivity index (χ4n) is 1.46. The van der Waals surface area contributed by atoms with Gasteiger partial charge in [-0.05, 0) is 49.5 Å². The molecule has 0 saturated heterocycles. The first kappa shape index (κ1) is 18.2. The first-order valence-corrected chi connectivity index (χ1v) is 10.1. The molecule has 0 heterocycles. The topological polar surface area (TPSA) is 9.23 Å². The van der Waals surface area contributed by atoms with E-state index in [0.29, 0.717) is 0 Å². The van der Waals surface area contributed by atoms with Crippen LogP contribution in [-0.2, 0) is 4.43 Å². The van der Waals surface area contributed by atoms with E-state index in [1.165, 1.54) is 0 Å². The Morgan fingerprint density at radius 2 is 1.89 bits per heavy atom. The van der Waals surface area contributed by atoms with Crippen LogP contribution in [0.3, 0.4) is 0 Å². The van der Waals surface area contributed by atoms with Crippen LogP contribution in [0.5, 0.6) is 0 Å². The van der Waals surface area contributed by atoms with Crippen molar-refractivity contribution >= 4 is 8.32 Å². The van der Waals surface area contributed by atoms with Gasteiger partial charge in [-0.1, -0.05) is 45.8 Å². The summed E-state index contributed by atoms with van der Waals surface area (Å²) in [4.78, 5) is 0. The summed E-state index contributed by atoms with van der Waals surface area (Å²) in [5.41, 5.74) is 0. The number of terminal acetylenes is 1. The van der Waals surface area contributed by atoms with Gasteiger partial charge in [-0.15, -0.1) is 6.42 Å². The molecular formula is C17H30OSi. The van der Waals surface area contributed by atoms with Crippen molar-refractivity contribution in [3.8, 4) is 12.3 Å². The van der Waals surface area contributed by atoms with Crippen LogP contribution in [-0.4, -0.2) is 14.4 Å². The van der Waals surface area contributed by atoms with Gasteiger partial charge in [-0.25, -0.2) is 0 Å². The standard InChI is InChI=1S/C17H30OSi/c1-8-10-12-13-15-16(14-11-9-2)18-19(6,7)17(3,4)5/h2,10-12,14,16H,8,13,15H2,1,3-7H3/b12-10-,14-11+/t16-/m1/s1. The van der Waals surface area contributed by atoms with E-state index in [-0.39, 0.29) is 11.1 Å². The lowest BCUT2D eigenvalue weighted by Gasteiger charge is -2.38. The minimum absolute atomic E-state index is 0.137. The van der Waals surface area contributed by atoms with Crippen LogP contribution in [0, 0.1) is 12.3 Å². The van der Waals surface area contributed by atoms with E-state index >= 15 is 0 Å². The van der Waals surface area contributed by atoms with E-state index in [0.717, 1.165) is 19.3 Å². The maximum Gasteiger partial charge on any atom is 0.192 e. The van der Waals surface area contributed by atoms with Gasteiger partial charge in [0.15, 0.2) is 8.32 Å². The van der Waals surface area contributed by atoms with Crippen LogP contribution in [0.25, 0.3) is 0 Å². The van der Waals surface area contributed by atoms with Crippen LogP contribution in [0.2, 0.25) is 18.1 Å². The second-order valence-corrected chi connectivity index (χ2v) is 11.2. The zero-order valence-electron chi connectivity index (χ0n) is 13.5. The number of allylic oxidation sites excluding steroid dienone is 3. The molecule has 0 N–H and O–H groups in total. The molecule has 0 rings (SSSR count). The molecular weight excluding hydrogens is 248 g/mol. The van der Waals surface area contributed by atoms with Gasteiger partial charge in [0.05, 0.1) is 6.10 Å². The molecule has 2 heteroatoms. The zero-order valence-corrected chi connectivity index (χ0v) is 14.5. The van der Waals surface area contributed by atoms with E-state index in [9.17, 15) is 0 Å². The maximum absolute atomic E-state index is 6.41. The molecule has 0 radical (unpaired) electrons. The molecule has 0 aromatic rings. The zero-order chi connectivity index (χ0) is 14.9. The van der Waals surface area contributed by atoms with Crippen molar-refractivity contribution in [3.63, 3.8) is 0 Å².